The van der Waals surface area contributed by atoms with E-state index in [0.717, 1.165) is 33.1 Å². The van der Waals surface area contributed by atoms with Crippen LogP contribution in [0.1, 0.15) is 5.56 Å². The molecule has 0 radical (unpaired) electrons. The van der Waals surface area contributed by atoms with E-state index in [4.69, 9.17) is 14.1 Å². The first kappa shape index (κ1) is 19.9. The molecular weight excluding hydrogens is 426 g/mol. The quantitative estimate of drug-likeness (QED) is 0.319. The van der Waals surface area contributed by atoms with Crippen molar-refractivity contribution >= 4 is 38.9 Å². The maximum atomic E-state index is 13.5. The molecule has 6 nitrogen and oxygen atoms in total. The molecule has 0 saturated carbocycles. The second-order valence-corrected chi connectivity index (χ2v) is 7.87. The van der Waals surface area contributed by atoms with Crippen LogP contribution < -0.4 is 10.3 Å². The molecule has 0 fully saturated rings. The summed E-state index contributed by atoms with van der Waals surface area (Å²) >= 11 is 0. The highest BCUT2D eigenvalue weighted by atomic mass is 16.5. The van der Waals surface area contributed by atoms with E-state index >= 15 is 0 Å². The molecule has 0 aliphatic heterocycles. The van der Waals surface area contributed by atoms with E-state index in [1.54, 1.807) is 19.4 Å². The lowest BCUT2D eigenvalue weighted by molar-refractivity contribution is 0.420. The number of para-hydroxylation sites is 2. The molecule has 6 heteroatoms. The molecule has 0 aliphatic rings. The molecule has 6 aromatic rings. The summed E-state index contributed by atoms with van der Waals surface area (Å²) in [5.74, 6) is 1.59. The van der Waals surface area contributed by atoms with Crippen molar-refractivity contribution in [3.05, 3.63) is 107 Å². The van der Waals surface area contributed by atoms with Gasteiger partial charge in [-0.15, -0.1) is 0 Å². The highest BCUT2D eigenvalue weighted by molar-refractivity contribution is 6.02. The van der Waals surface area contributed by atoms with Crippen LogP contribution >= 0.6 is 0 Å². The minimum absolute atomic E-state index is 0.268. The third-order valence-corrected chi connectivity index (χ3v) is 5.85. The van der Waals surface area contributed by atoms with Crippen molar-refractivity contribution in [2.24, 2.45) is 5.10 Å². The second-order valence-electron chi connectivity index (χ2n) is 7.87. The van der Waals surface area contributed by atoms with Gasteiger partial charge in [0.25, 0.3) is 5.56 Å². The van der Waals surface area contributed by atoms with Gasteiger partial charge in [-0.25, -0.2) is 4.98 Å². The molecule has 0 saturated heterocycles. The topological polar surface area (TPSA) is 69.6 Å². The van der Waals surface area contributed by atoms with Gasteiger partial charge in [0, 0.05) is 16.3 Å². The number of aromatic nitrogens is 2. The molecule has 0 unspecified atom stereocenters. The van der Waals surface area contributed by atoms with Gasteiger partial charge in [0.1, 0.15) is 11.3 Å². The average molecular weight is 445 g/mol. The summed E-state index contributed by atoms with van der Waals surface area (Å²) in [6, 6.07) is 28.5. The Morgan fingerprint density at radius 2 is 1.62 bits per heavy atom. The molecule has 0 spiro atoms. The number of fused-ring (bicyclic) bond motifs is 3. The largest absolute Gasteiger partial charge is 0.496 e. The fourth-order valence-corrected chi connectivity index (χ4v) is 4.19. The molecule has 164 valence electrons. The summed E-state index contributed by atoms with van der Waals surface area (Å²) < 4.78 is 12.8. The number of benzene rings is 4. The predicted octanol–water partition coefficient (Wildman–Crippen LogP) is 5.85. The van der Waals surface area contributed by atoms with Gasteiger partial charge in [-0.3, -0.25) is 4.79 Å². The molecular formula is C28H19N3O3. The molecule has 2 heterocycles. The molecule has 0 N–H and O–H groups in total. The van der Waals surface area contributed by atoms with Crippen molar-refractivity contribution in [2.45, 2.75) is 0 Å². The van der Waals surface area contributed by atoms with E-state index in [2.05, 4.69) is 5.10 Å². The minimum atomic E-state index is -0.268. The van der Waals surface area contributed by atoms with Crippen LogP contribution in [0, 0.1) is 0 Å². The monoisotopic (exact) mass is 445 g/mol. The zero-order chi connectivity index (χ0) is 23.1. The van der Waals surface area contributed by atoms with E-state index in [0.29, 0.717) is 22.5 Å². The fraction of sp³-hybridized carbons (Fsp3) is 0.0357. The average Bonchev–Trinajstić information content (AvgIpc) is 3.32. The molecule has 0 amide bonds. The fourth-order valence-electron chi connectivity index (χ4n) is 4.19. The van der Waals surface area contributed by atoms with Gasteiger partial charge in [-0.05, 0) is 41.8 Å². The number of methoxy groups -OCH3 is 1. The van der Waals surface area contributed by atoms with Crippen LogP contribution in [-0.2, 0) is 0 Å². The second kappa shape index (κ2) is 8.01. The highest BCUT2D eigenvalue weighted by Crippen LogP contribution is 2.29. The number of furan rings is 1. The summed E-state index contributed by atoms with van der Waals surface area (Å²) in [6.45, 7) is 0. The Balaban J connectivity index is 1.58. The van der Waals surface area contributed by atoms with Gasteiger partial charge in [-0.1, -0.05) is 54.6 Å². The molecule has 0 aliphatic carbocycles. The van der Waals surface area contributed by atoms with Crippen molar-refractivity contribution in [2.75, 3.05) is 7.11 Å². The Bertz CT molecular complexity index is 1750. The zero-order valence-corrected chi connectivity index (χ0v) is 18.3. The van der Waals surface area contributed by atoms with Crippen molar-refractivity contribution in [3.8, 4) is 17.3 Å². The van der Waals surface area contributed by atoms with Crippen molar-refractivity contribution in [3.63, 3.8) is 0 Å². The van der Waals surface area contributed by atoms with Crippen LogP contribution in [0.15, 0.2) is 105 Å². The standard InChI is InChI=1S/C28H19N3O3/c1-33-25-15-14-19(20-9-3-4-10-21(20)25)17-29-31-27(26-16-18-8-2-7-13-24(18)34-26)30-23-12-6-5-11-22(23)28(31)32/h2-17H,1H3. The number of ether oxygens (including phenoxy) is 1. The molecule has 0 bridgehead atoms. The lowest BCUT2D eigenvalue weighted by Crippen LogP contribution is -2.20. The first-order valence-corrected chi connectivity index (χ1v) is 10.8. The molecule has 2 aromatic heterocycles. The SMILES string of the molecule is COc1ccc(C=Nn2c(-c3cc4ccccc4o3)nc3ccccc3c2=O)c2ccccc12. The van der Waals surface area contributed by atoms with E-state index < -0.39 is 0 Å². The summed E-state index contributed by atoms with van der Waals surface area (Å²) in [7, 11) is 1.65. The molecule has 6 rings (SSSR count). The van der Waals surface area contributed by atoms with Gasteiger partial charge in [-0.2, -0.15) is 9.78 Å². The maximum Gasteiger partial charge on any atom is 0.282 e. The van der Waals surface area contributed by atoms with Gasteiger partial charge in [0.05, 0.1) is 24.2 Å². The van der Waals surface area contributed by atoms with E-state index in [1.807, 2.05) is 84.9 Å². The van der Waals surface area contributed by atoms with Crippen molar-refractivity contribution in [1.29, 1.82) is 0 Å². The Morgan fingerprint density at radius 3 is 2.44 bits per heavy atom. The Morgan fingerprint density at radius 1 is 0.882 bits per heavy atom. The van der Waals surface area contributed by atoms with Crippen LogP contribution in [0.25, 0.3) is 44.2 Å². The first-order chi connectivity index (χ1) is 16.7. The Hall–Kier alpha value is -4.71. The lowest BCUT2D eigenvalue weighted by Gasteiger charge is -2.09. The zero-order valence-electron chi connectivity index (χ0n) is 18.3. The van der Waals surface area contributed by atoms with Crippen LogP contribution in [-0.4, -0.2) is 23.0 Å². The lowest BCUT2D eigenvalue weighted by atomic mass is 10.0. The van der Waals surface area contributed by atoms with Crippen LogP contribution in [0.4, 0.5) is 0 Å². The highest BCUT2D eigenvalue weighted by Gasteiger charge is 2.16. The number of hydrogen-bond donors (Lipinski definition) is 0. The van der Waals surface area contributed by atoms with E-state index in [-0.39, 0.29) is 5.56 Å². The third kappa shape index (κ3) is 3.24. The maximum absolute atomic E-state index is 13.5. The summed E-state index contributed by atoms with van der Waals surface area (Å²) in [5.41, 5.74) is 1.89. The Labute approximate surface area is 194 Å². The van der Waals surface area contributed by atoms with Gasteiger partial charge in [0.2, 0.25) is 5.82 Å². The minimum Gasteiger partial charge on any atom is -0.496 e. The summed E-state index contributed by atoms with van der Waals surface area (Å²) in [6.07, 6.45) is 1.67. The van der Waals surface area contributed by atoms with Gasteiger partial charge < -0.3 is 9.15 Å². The van der Waals surface area contributed by atoms with Gasteiger partial charge >= 0.3 is 0 Å². The van der Waals surface area contributed by atoms with E-state index in [1.165, 1.54) is 4.68 Å². The molecule has 34 heavy (non-hydrogen) atoms. The molecule has 4 aromatic carbocycles. The van der Waals surface area contributed by atoms with Crippen LogP contribution in [0.2, 0.25) is 0 Å². The normalized spacial score (nSPS) is 11.7. The van der Waals surface area contributed by atoms with Gasteiger partial charge in [0.15, 0.2) is 5.76 Å². The van der Waals surface area contributed by atoms with Crippen LogP contribution in [0.3, 0.4) is 0 Å². The van der Waals surface area contributed by atoms with E-state index in [9.17, 15) is 4.79 Å². The number of hydrogen-bond acceptors (Lipinski definition) is 5. The molecule has 0 atom stereocenters. The first-order valence-electron chi connectivity index (χ1n) is 10.8. The predicted molar refractivity (Wildman–Crippen MR) is 135 cm³/mol. The number of rotatable bonds is 4. The summed E-state index contributed by atoms with van der Waals surface area (Å²) in [4.78, 5) is 18.2. The third-order valence-electron chi connectivity index (χ3n) is 5.85. The number of nitrogens with zero attached hydrogens (tertiary/aromatic N) is 3. The Kier molecular flexibility index (Phi) is 4.70. The smallest absolute Gasteiger partial charge is 0.282 e. The summed E-state index contributed by atoms with van der Waals surface area (Å²) in [5, 5.41) is 7.94. The van der Waals surface area contributed by atoms with Crippen LogP contribution in [0.5, 0.6) is 5.75 Å². The van der Waals surface area contributed by atoms with Crippen molar-refractivity contribution in [1.82, 2.24) is 9.66 Å². The van der Waals surface area contributed by atoms with Crippen molar-refractivity contribution < 1.29 is 9.15 Å².